The number of aliphatic carboxylic acids is 1. The van der Waals surface area contributed by atoms with Crippen LogP contribution in [0.1, 0.15) is 51.7 Å². The highest BCUT2D eigenvalue weighted by Crippen LogP contribution is 2.52. The Balaban J connectivity index is 1.59. The Bertz CT molecular complexity index is 973. The molecule has 7 heteroatoms. The van der Waals surface area contributed by atoms with Crippen LogP contribution in [-0.4, -0.2) is 36.0 Å². The maximum Gasteiger partial charge on any atom is 0.309 e. The summed E-state index contributed by atoms with van der Waals surface area (Å²) in [6.45, 7) is 6.73. The second kappa shape index (κ2) is 9.59. The molecule has 2 aliphatic rings. The van der Waals surface area contributed by atoms with E-state index in [9.17, 15) is 14.3 Å². The standard InChI is InChI=1S/C26H31FO6/c1-4-5-12-30-18-10-11-22-19(13-18)24-21(26(2,3)33-22)14-20(25(28)29)23(32-24)15-31-17-8-6-16(27)7-9-17/h6-11,13,20-21,23-24H,4-5,12,14-15H2,1-3H3,(H,28,29)/t20-,21-,23-,24+/m0/s1. The molecule has 0 unspecified atom stereocenters. The van der Waals surface area contributed by atoms with E-state index in [0.717, 1.165) is 29.9 Å². The lowest BCUT2D eigenvalue weighted by Crippen LogP contribution is -2.53. The van der Waals surface area contributed by atoms with Crippen LogP contribution in [0, 0.1) is 17.7 Å². The number of carboxylic acid groups (broad SMARTS) is 1. The van der Waals surface area contributed by atoms with Crippen LogP contribution in [-0.2, 0) is 9.53 Å². The Morgan fingerprint density at radius 3 is 2.58 bits per heavy atom. The largest absolute Gasteiger partial charge is 0.494 e. The summed E-state index contributed by atoms with van der Waals surface area (Å²) in [5, 5.41) is 9.92. The van der Waals surface area contributed by atoms with E-state index in [1.54, 1.807) is 0 Å². The minimum atomic E-state index is -0.931. The number of ether oxygens (including phenoxy) is 4. The first-order valence-electron chi connectivity index (χ1n) is 11.5. The van der Waals surface area contributed by atoms with Crippen molar-refractivity contribution in [2.45, 2.75) is 57.8 Å². The van der Waals surface area contributed by atoms with Gasteiger partial charge in [0.15, 0.2) is 0 Å². The van der Waals surface area contributed by atoms with Crippen LogP contribution in [0.3, 0.4) is 0 Å². The average molecular weight is 459 g/mol. The first-order valence-corrected chi connectivity index (χ1v) is 11.5. The van der Waals surface area contributed by atoms with Crippen LogP contribution < -0.4 is 14.2 Å². The predicted octanol–water partition coefficient (Wildman–Crippen LogP) is 5.40. The maximum absolute atomic E-state index is 13.2. The van der Waals surface area contributed by atoms with Crippen molar-refractivity contribution < 1.29 is 33.2 Å². The van der Waals surface area contributed by atoms with Crippen molar-refractivity contribution in [1.82, 2.24) is 0 Å². The zero-order chi connectivity index (χ0) is 23.6. The van der Waals surface area contributed by atoms with Crippen molar-refractivity contribution in [3.8, 4) is 17.2 Å². The van der Waals surface area contributed by atoms with Gasteiger partial charge in [0.25, 0.3) is 0 Å². The van der Waals surface area contributed by atoms with Crippen LogP contribution in [0.15, 0.2) is 42.5 Å². The highest BCUT2D eigenvalue weighted by molar-refractivity contribution is 5.71. The topological polar surface area (TPSA) is 74.2 Å². The molecule has 1 fully saturated rings. The van der Waals surface area contributed by atoms with Crippen molar-refractivity contribution in [1.29, 1.82) is 0 Å². The van der Waals surface area contributed by atoms with E-state index in [0.29, 0.717) is 18.8 Å². The summed E-state index contributed by atoms with van der Waals surface area (Å²) >= 11 is 0. The molecule has 1 saturated heterocycles. The number of fused-ring (bicyclic) bond motifs is 3. The van der Waals surface area contributed by atoms with E-state index in [1.807, 2.05) is 32.0 Å². The zero-order valence-electron chi connectivity index (χ0n) is 19.3. The summed E-state index contributed by atoms with van der Waals surface area (Å²) in [6.07, 6.45) is 1.38. The number of hydrogen-bond acceptors (Lipinski definition) is 5. The van der Waals surface area contributed by atoms with E-state index >= 15 is 0 Å². The van der Waals surface area contributed by atoms with Gasteiger partial charge in [0.1, 0.15) is 41.4 Å². The predicted molar refractivity (Wildman–Crippen MR) is 120 cm³/mol. The fourth-order valence-corrected chi connectivity index (χ4v) is 4.61. The molecule has 2 aromatic carbocycles. The molecule has 0 amide bonds. The highest BCUT2D eigenvalue weighted by Gasteiger charge is 2.52. The molecule has 0 aromatic heterocycles. The zero-order valence-corrected chi connectivity index (χ0v) is 19.3. The lowest BCUT2D eigenvalue weighted by Gasteiger charge is -2.50. The van der Waals surface area contributed by atoms with Crippen LogP contribution in [0.25, 0.3) is 0 Å². The van der Waals surface area contributed by atoms with Crippen molar-refractivity contribution in [3.05, 3.63) is 53.8 Å². The van der Waals surface area contributed by atoms with Crippen LogP contribution in [0.5, 0.6) is 17.2 Å². The van der Waals surface area contributed by atoms with Crippen LogP contribution in [0.2, 0.25) is 0 Å². The first-order chi connectivity index (χ1) is 15.8. The average Bonchev–Trinajstić information content (AvgIpc) is 2.78. The third-order valence-corrected chi connectivity index (χ3v) is 6.51. The van der Waals surface area contributed by atoms with Crippen LogP contribution >= 0.6 is 0 Å². The van der Waals surface area contributed by atoms with Gasteiger partial charge in [0.05, 0.1) is 18.6 Å². The minimum absolute atomic E-state index is 0.0507. The van der Waals surface area contributed by atoms with Gasteiger partial charge in [-0.15, -0.1) is 0 Å². The summed E-state index contributed by atoms with van der Waals surface area (Å²) in [7, 11) is 0. The number of unbranched alkanes of at least 4 members (excludes halogenated alkanes) is 1. The Labute approximate surface area is 193 Å². The molecule has 2 aromatic rings. The van der Waals surface area contributed by atoms with Crippen molar-refractivity contribution in [3.63, 3.8) is 0 Å². The fraction of sp³-hybridized carbons (Fsp3) is 0.500. The fourth-order valence-electron chi connectivity index (χ4n) is 4.61. The third kappa shape index (κ3) is 5.08. The number of halogens is 1. The molecule has 0 bridgehead atoms. The van der Waals surface area contributed by atoms with Gasteiger partial charge < -0.3 is 24.1 Å². The maximum atomic E-state index is 13.2. The Morgan fingerprint density at radius 1 is 1.15 bits per heavy atom. The summed E-state index contributed by atoms with van der Waals surface area (Å²) < 4.78 is 37.6. The van der Waals surface area contributed by atoms with Crippen molar-refractivity contribution >= 4 is 5.97 Å². The molecule has 1 N–H and O–H groups in total. The second-order valence-corrected chi connectivity index (χ2v) is 9.25. The lowest BCUT2D eigenvalue weighted by atomic mass is 9.72. The van der Waals surface area contributed by atoms with E-state index in [-0.39, 0.29) is 24.4 Å². The molecule has 33 heavy (non-hydrogen) atoms. The SMILES string of the molecule is CCCCOc1ccc2c(c1)[C@H]1O[C@@H](COc3ccc(F)cc3)[C@@H](C(=O)O)C[C@@H]1C(C)(C)O2. The quantitative estimate of drug-likeness (QED) is 0.534. The molecule has 0 radical (unpaired) electrons. The molecule has 2 aliphatic heterocycles. The van der Waals surface area contributed by atoms with Gasteiger partial charge in [-0.2, -0.15) is 0 Å². The van der Waals surface area contributed by atoms with Crippen LogP contribution in [0.4, 0.5) is 4.39 Å². The van der Waals surface area contributed by atoms with Crippen molar-refractivity contribution in [2.24, 2.45) is 11.8 Å². The third-order valence-electron chi connectivity index (χ3n) is 6.51. The molecule has 0 aliphatic carbocycles. The molecular weight excluding hydrogens is 427 g/mol. The number of rotatable bonds is 8. The van der Waals surface area contributed by atoms with E-state index in [2.05, 4.69) is 6.92 Å². The number of carboxylic acids is 1. The van der Waals surface area contributed by atoms with Gasteiger partial charge in [-0.1, -0.05) is 13.3 Å². The Morgan fingerprint density at radius 2 is 1.88 bits per heavy atom. The van der Waals surface area contributed by atoms with Gasteiger partial charge >= 0.3 is 5.97 Å². The first kappa shape index (κ1) is 23.4. The normalized spacial score (nSPS) is 25.3. The highest BCUT2D eigenvalue weighted by atomic mass is 19.1. The van der Waals surface area contributed by atoms with Gasteiger partial charge in [-0.3, -0.25) is 4.79 Å². The summed E-state index contributed by atoms with van der Waals surface area (Å²) in [5.41, 5.74) is 0.266. The monoisotopic (exact) mass is 458 g/mol. The molecule has 4 atom stereocenters. The van der Waals surface area contributed by atoms with Gasteiger partial charge in [-0.25, -0.2) is 4.39 Å². The van der Waals surface area contributed by atoms with Gasteiger partial charge in [-0.05, 0) is 69.2 Å². The summed E-state index contributed by atoms with van der Waals surface area (Å²) in [5.74, 6) is -0.270. The van der Waals surface area contributed by atoms with Gasteiger partial charge in [0, 0.05) is 11.5 Å². The molecule has 6 nitrogen and oxygen atoms in total. The van der Waals surface area contributed by atoms with E-state index in [4.69, 9.17) is 18.9 Å². The molecule has 178 valence electrons. The summed E-state index contributed by atoms with van der Waals surface area (Å²) in [4.78, 5) is 12.1. The summed E-state index contributed by atoms with van der Waals surface area (Å²) in [6, 6.07) is 11.4. The Kier molecular flexibility index (Phi) is 6.79. The number of benzene rings is 2. The lowest BCUT2D eigenvalue weighted by molar-refractivity contribution is -0.192. The molecule has 0 spiro atoms. The second-order valence-electron chi connectivity index (χ2n) is 9.25. The van der Waals surface area contributed by atoms with Crippen molar-refractivity contribution in [2.75, 3.05) is 13.2 Å². The van der Waals surface area contributed by atoms with Gasteiger partial charge in [0.2, 0.25) is 0 Å². The number of hydrogen-bond donors (Lipinski definition) is 1. The number of carbonyl (C=O) groups is 1. The molecule has 0 saturated carbocycles. The Hall–Kier alpha value is -2.80. The minimum Gasteiger partial charge on any atom is -0.494 e. The van der Waals surface area contributed by atoms with E-state index < -0.39 is 23.6 Å². The molecule has 2 heterocycles. The molecular formula is C26H31FO6. The van der Waals surface area contributed by atoms with E-state index in [1.165, 1.54) is 24.3 Å². The smallest absolute Gasteiger partial charge is 0.309 e. The molecule has 4 rings (SSSR count).